The summed E-state index contributed by atoms with van der Waals surface area (Å²) in [6.07, 6.45) is 5.58. The van der Waals surface area contributed by atoms with Gasteiger partial charge in [0.2, 0.25) is 0 Å². The summed E-state index contributed by atoms with van der Waals surface area (Å²) in [5.74, 6) is 0. The largest absolute Gasteiger partial charge is 0.389 e. The van der Waals surface area contributed by atoms with Crippen molar-refractivity contribution in [3.05, 3.63) is 29.1 Å². The Hall–Kier alpha value is -1.09. The second-order valence-corrected chi connectivity index (χ2v) is 4.21. The molecule has 2 rings (SSSR count). The average molecular weight is 206 g/mol. The van der Waals surface area contributed by atoms with Gasteiger partial charge in [0.1, 0.15) is 0 Å². The van der Waals surface area contributed by atoms with E-state index in [1.807, 2.05) is 17.8 Å². The third-order valence-electron chi connectivity index (χ3n) is 2.99. The fourth-order valence-electron chi connectivity index (χ4n) is 2.06. The van der Waals surface area contributed by atoms with Crippen LogP contribution in [-0.4, -0.2) is 21.0 Å². The van der Waals surface area contributed by atoms with Crippen molar-refractivity contribution in [2.45, 2.75) is 38.7 Å². The number of aliphatic hydroxyl groups is 1. The van der Waals surface area contributed by atoms with Crippen LogP contribution in [0.25, 0.3) is 0 Å². The van der Waals surface area contributed by atoms with Gasteiger partial charge in [-0.2, -0.15) is 5.10 Å². The van der Waals surface area contributed by atoms with Crippen LogP contribution in [0.3, 0.4) is 0 Å². The first-order valence-corrected chi connectivity index (χ1v) is 5.58. The van der Waals surface area contributed by atoms with Gasteiger partial charge in [0.25, 0.3) is 0 Å². The van der Waals surface area contributed by atoms with E-state index in [0.717, 1.165) is 31.4 Å². The van der Waals surface area contributed by atoms with Crippen LogP contribution in [0.2, 0.25) is 0 Å². The second-order valence-electron chi connectivity index (χ2n) is 4.21. The van der Waals surface area contributed by atoms with Crippen LogP contribution in [-0.2, 0) is 19.9 Å². The highest BCUT2D eigenvalue weighted by Crippen LogP contribution is 2.22. The monoisotopic (exact) mass is 206 g/mol. The summed E-state index contributed by atoms with van der Waals surface area (Å²) >= 11 is 0. The second kappa shape index (κ2) is 4.19. The Morgan fingerprint density at radius 1 is 1.60 bits per heavy atom. The van der Waals surface area contributed by atoms with E-state index >= 15 is 0 Å². The summed E-state index contributed by atoms with van der Waals surface area (Å²) in [5, 5.41) is 13.8. The van der Waals surface area contributed by atoms with E-state index in [4.69, 9.17) is 0 Å². The smallest absolute Gasteiger partial charge is 0.0726 e. The molecule has 1 N–H and O–H groups in total. The standard InChI is InChI=1S/C12H18N2O/c1-3-10-8-11(14(2)13-10)6-9-4-5-12(15)7-9/h7-8,12,15H,3-6H2,1-2H3. The van der Waals surface area contributed by atoms with Crippen LogP contribution in [0.1, 0.15) is 31.2 Å². The summed E-state index contributed by atoms with van der Waals surface area (Å²) in [4.78, 5) is 0. The molecule has 0 aliphatic heterocycles. The Balaban J connectivity index is 2.10. The van der Waals surface area contributed by atoms with E-state index < -0.39 is 0 Å². The fourth-order valence-corrected chi connectivity index (χ4v) is 2.06. The number of hydrogen-bond acceptors (Lipinski definition) is 2. The minimum Gasteiger partial charge on any atom is -0.389 e. The zero-order valence-electron chi connectivity index (χ0n) is 9.40. The van der Waals surface area contributed by atoms with E-state index in [1.54, 1.807) is 0 Å². The molecule has 0 bridgehead atoms. The van der Waals surface area contributed by atoms with Gasteiger partial charge in [0.05, 0.1) is 11.8 Å². The summed E-state index contributed by atoms with van der Waals surface area (Å²) < 4.78 is 1.95. The van der Waals surface area contributed by atoms with Gasteiger partial charge in [-0.25, -0.2) is 0 Å². The van der Waals surface area contributed by atoms with Crippen molar-refractivity contribution >= 4 is 0 Å². The summed E-state index contributed by atoms with van der Waals surface area (Å²) in [5.41, 5.74) is 3.73. The van der Waals surface area contributed by atoms with Crippen LogP contribution < -0.4 is 0 Å². The van der Waals surface area contributed by atoms with Crippen LogP contribution in [0.4, 0.5) is 0 Å². The number of nitrogens with zero attached hydrogens (tertiary/aromatic N) is 2. The lowest BCUT2D eigenvalue weighted by Crippen LogP contribution is -1.99. The van der Waals surface area contributed by atoms with Crippen LogP contribution in [0, 0.1) is 0 Å². The highest BCUT2D eigenvalue weighted by atomic mass is 16.3. The molecule has 1 aliphatic carbocycles. The number of hydrogen-bond donors (Lipinski definition) is 1. The van der Waals surface area contributed by atoms with Gasteiger partial charge in [0.15, 0.2) is 0 Å². The topological polar surface area (TPSA) is 38.0 Å². The zero-order valence-corrected chi connectivity index (χ0v) is 9.40. The van der Waals surface area contributed by atoms with Crippen molar-refractivity contribution in [3.63, 3.8) is 0 Å². The summed E-state index contributed by atoms with van der Waals surface area (Å²) in [7, 11) is 1.99. The third kappa shape index (κ3) is 2.29. The molecular formula is C12H18N2O. The van der Waals surface area contributed by atoms with Crippen molar-refractivity contribution in [1.29, 1.82) is 0 Å². The van der Waals surface area contributed by atoms with E-state index in [9.17, 15) is 5.11 Å². The molecule has 1 unspecified atom stereocenters. The molecule has 3 nitrogen and oxygen atoms in total. The Bertz CT molecular complexity index is 379. The Kier molecular flexibility index (Phi) is 2.91. The number of rotatable bonds is 3. The van der Waals surface area contributed by atoms with E-state index in [1.165, 1.54) is 11.3 Å². The highest BCUT2D eigenvalue weighted by molar-refractivity contribution is 5.21. The van der Waals surface area contributed by atoms with Gasteiger partial charge >= 0.3 is 0 Å². The maximum atomic E-state index is 9.40. The number of aryl methyl sites for hydroxylation is 2. The van der Waals surface area contributed by atoms with E-state index in [2.05, 4.69) is 18.1 Å². The minimum absolute atomic E-state index is 0.223. The molecule has 0 amide bonds. The molecule has 15 heavy (non-hydrogen) atoms. The Morgan fingerprint density at radius 3 is 2.93 bits per heavy atom. The first-order valence-electron chi connectivity index (χ1n) is 5.58. The van der Waals surface area contributed by atoms with Crippen molar-refractivity contribution < 1.29 is 5.11 Å². The molecule has 1 atom stereocenters. The minimum atomic E-state index is -0.223. The lowest BCUT2D eigenvalue weighted by molar-refractivity contribution is 0.223. The van der Waals surface area contributed by atoms with Gasteiger partial charge in [-0.1, -0.05) is 18.6 Å². The molecule has 1 aliphatic rings. The molecule has 1 heterocycles. The summed E-state index contributed by atoms with van der Waals surface area (Å²) in [6.45, 7) is 2.12. The van der Waals surface area contributed by atoms with Crippen LogP contribution in [0.5, 0.6) is 0 Å². The summed E-state index contributed by atoms with van der Waals surface area (Å²) in [6, 6.07) is 2.16. The quantitative estimate of drug-likeness (QED) is 0.763. The normalized spacial score (nSPS) is 20.7. The van der Waals surface area contributed by atoms with E-state index in [-0.39, 0.29) is 6.10 Å². The predicted molar refractivity (Wildman–Crippen MR) is 59.6 cm³/mol. The lowest BCUT2D eigenvalue weighted by Gasteiger charge is -2.01. The van der Waals surface area contributed by atoms with Gasteiger partial charge in [-0.3, -0.25) is 4.68 Å². The van der Waals surface area contributed by atoms with Crippen LogP contribution in [0.15, 0.2) is 17.7 Å². The van der Waals surface area contributed by atoms with Crippen molar-refractivity contribution in [2.24, 2.45) is 7.05 Å². The van der Waals surface area contributed by atoms with E-state index in [0.29, 0.717) is 0 Å². The molecular weight excluding hydrogens is 188 g/mol. The van der Waals surface area contributed by atoms with Crippen molar-refractivity contribution in [2.75, 3.05) is 0 Å². The van der Waals surface area contributed by atoms with Gasteiger partial charge in [-0.15, -0.1) is 0 Å². The van der Waals surface area contributed by atoms with Crippen molar-refractivity contribution in [3.8, 4) is 0 Å². The lowest BCUT2D eigenvalue weighted by atomic mass is 10.1. The Labute approximate surface area is 90.4 Å². The van der Waals surface area contributed by atoms with Gasteiger partial charge in [0, 0.05) is 19.2 Å². The predicted octanol–water partition coefficient (Wildman–Crippen LogP) is 1.61. The first kappa shape index (κ1) is 10.4. The average Bonchev–Trinajstić information content (AvgIpc) is 2.75. The van der Waals surface area contributed by atoms with Crippen LogP contribution >= 0.6 is 0 Å². The number of aliphatic hydroxyl groups excluding tert-OH is 1. The molecule has 82 valence electrons. The fraction of sp³-hybridized carbons (Fsp3) is 0.583. The van der Waals surface area contributed by atoms with Crippen molar-refractivity contribution in [1.82, 2.24) is 9.78 Å². The molecule has 1 aromatic heterocycles. The maximum absolute atomic E-state index is 9.40. The van der Waals surface area contributed by atoms with Gasteiger partial charge < -0.3 is 5.11 Å². The first-order chi connectivity index (χ1) is 7.19. The number of aromatic nitrogens is 2. The molecule has 0 spiro atoms. The number of allylic oxidation sites excluding steroid dienone is 1. The zero-order chi connectivity index (χ0) is 10.8. The van der Waals surface area contributed by atoms with Gasteiger partial charge in [-0.05, 0) is 25.3 Å². The Morgan fingerprint density at radius 2 is 2.40 bits per heavy atom. The molecule has 0 radical (unpaired) electrons. The molecule has 1 aromatic rings. The molecule has 3 heteroatoms. The maximum Gasteiger partial charge on any atom is 0.0726 e. The highest BCUT2D eigenvalue weighted by Gasteiger charge is 2.14. The third-order valence-corrected chi connectivity index (χ3v) is 2.99. The SMILES string of the molecule is CCc1cc(CC2=CC(O)CC2)n(C)n1. The molecule has 0 saturated carbocycles. The molecule has 0 fully saturated rings. The molecule has 0 saturated heterocycles. The molecule has 0 aromatic carbocycles.